The summed E-state index contributed by atoms with van der Waals surface area (Å²) in [5.74, 6) is 0.492. The monoisotopic (exact) mass is 350 g/mol. The van der Waals surface area contributed by atoms with E-state index in [-0.39, 0.29) is 5.56 Å². The van der Waals surface area contributed by atoms with Gasteiger partial charge in [-0.25, -0.2) is 4.79 Å². The molecular formula is C16H15BrO4. The van der Waals surface area contributed by atoms with Gasteiger partial charge in [0.1, 0.15) is 24.7 Å². The van der Waals surface area contributed by atoms with Gasteiger partial charge >= 0.3 is 5.97 Å². The third kappa shape index (κ3) is 4.49. The molecular weight excluding hydrogens is 336 g/mol. The lowest BCUT2D eigenvalue weighted by Gasteiger charge is -2.11. The van der Waals surface area contributed by atoms with E-state index >= 15 is 0 Å². The molecule has 0 atom stereocenters. The summed E-state index contributed by atoms with van der Waals surface area (Å²) in [7, 11) is 0. The maximum atomic E-state index is 10.8. The number of aryl methyl sites for hydroxylation is 1. The van der Waals surface area contributed by atoms with Gasteiger partial charge in [0.2, 0.25) is 0 Å². The number of carbonyl (C=O) groups is 1. The highest BCUT2D eigenvalue weighted by Gasteiger charge is 2.06. The Kier molecular flexibility index (Phi) is 5.22. The number of halogens is 1. The number of hydrogen-bond donors (Lipinski definition) is 1. The highest BCUT2D eigenvalue weighted by atomic mass is 79.9. The van der Waals surface area contributed by atoms with E-state index in [1.54, 1.807) is 12.1 Å². The summed E-state index contributed by atoms with van der Waals surface area (Å²) >= 11 is 3.38. The van der Waals surface area contributed by atoms with Crippen LogP contribution in [-0.4, -0.2) is 24.3 Å². The van der Waals surface area contributed by atoms with Crippen LogP contribution in [0.4, 0.5) is 0 Å². The Hall–Kier alpha value is -2.01. The van der Waals surface area contributed by atoms with E-state index in [4.69, 9.17) is 14.6 Å². The van der Waals surface area contributed by atoms with E-state index < -0.39 is 5.97 Å². The quantitative estimate of drug-likeness (QED) is 0.802. The summed E-state index contributed by atoms with van der Waals surface area (Å²) in [5.41, 5.74) is 1.04. The van der Waals surface area contributed by atoms with Gasteiger partial charge in [0.15, 0.2) is 0 Å². The summed E-state index contributed by atoms with van der Waals surface area (Å²) in [4.78, 5) is 10.8. The number of rotatable bonds is 6. The van der Waals surface area contributed by atoms with Crippen LogP contribution in [0, 0.1) is 6.92 Å². The molecule has 0 saturated heterocycles. The van der Waals surface area contributed by atoms with Crippen LogP contribution in [0.1, 0.15) is 15.9 Å². The summed E-state index contributed by atoms with van der Waals surface area (Å²) in [6, 6.07) is 12.4. The number of benzene rings is 2. The Balaban J connectivity index is 1.85. The Bertz CT molecular complexity index is 640. The average Bonchev–Trinajstić information content (AvgIpc) is 2.45. The number of aromatic carboxylic acids is 1. The van der Waals surface area contributed by atoms with Gasteiger partial charge in [-0.05, 0) is 48.9 Å². The zero-order chi connectivity index (χ0) is 15.2. The number of ether oxygens (including phenoxy) is 2. The molecule has 0 aliphatic rings. The standard InChI is InChI=1S/C16H15BrO4/c1-11-9-12(16(18)19)5-6-15(11)21-8-7-20-14-4-2-3-13(17)10-14/h2-6,9-10H,7-8H2,1H3,(H,18,19). The molecule has 0 fully saturated rings. The van der Waals surface area contributed by atoms with Crippen LogP contribution in [0.25, 0.3) is 0 Å². The topological polar surface area (TPSA) is 55.8 Å². The lowest BCUT2D eigenvalue weighted by Crippen LogP contribution is -2.10. The van der Waals surface area contributed by atoms with Crippen molar-refractivity contribution in [3.05, 3.63) is 58.1 Å². The van der Waals surface area contributed by atoms with Crippen molar-refractivity contribution < 1.29 is 19.4 Å². The molecule has 5 heteroatoms. The molecule has 2 aromatic rings. The Morgan fingerprint density at radius 1 is 1.14 bits per heavy atom. The van der Waals surface area contributed by atoms with Crippen molar-refractivity contribution in [2.24, 2.45) is 0 Å². The van der Waals surface area contributed by atoms with Gasteiger partial charge in [-0.1, -0.05) is 22.0 Å². The van der Waals surface area contributed by atoms with Crippen LogP contribution >= 0.6 is 15.9 Å². The number of carboxylic acid groups (broad SMARTS) is 1. The van der Waals surface area contributed by atoms with Gasteiger partial charge in [0.05, 0.1) is 5.56 Å². The largest absolute Gasteiger partial charge is 0.490 e. The van der Waals surface area contributed by atoms with E-state index in [0.29, 0.717) is 19.0 Å². The first-order valence-electron chi connectivity index (χ1n) is 6.41. The lowest BCUT2D eigenvalue weighted by molar-refractivity contribution is 0.0696. The molecule has 2 aromatic carbocycles. The fourth-order valence-electron chi connectivity index (χ4n) is 1.81. The smallest absolute Gasteiger partial charge is 0.335 e. The second kappa shape index (κ2) is 7.13. The molecule has 0 aliphatic carbocycles. The van der Waals surface area contributed by atoms with Crippen molar-refractivity contribution in [2.75, 3.05) is 13.2 Å². The number of carboxylic acids is 1. The molecule has 0 amide bonds. The van der Waals surface area contributed by atoms with Crippen molar-refractivity contribution >= 4 is 21.9 Å². The molecule has 4 nitrogen and oxygen atoms in total. The molecule has 0 spiro atoms. The van der Waals surface area contributed by atoms with E-state index in [2.05, 4.69) is 15.9 Å². The minimum Gasteiger partial charge on any atom is -0.490 e. The third-order valence-electron chi connectivity index (χ3n) is 2.83. The van der Waals surface area contributed by atoms with Crippen LogP contribution in [0.3, 0.4) is 0 Å². The van der Waals surface area contributed by atoms with Gasteiger partial charge in [0, 0.05) is 4.47 Å². The summed E-state index contributed by atoms with van der Waals surface area (Å²) in [6.07, 6.45) is 0. The van der Waals surface area contributed by atoms with Crippen LogP contribution in [-0.2, 0) is 0 Å². The molecule has 0 unspecified atom stereocenters. The molecule has 2 rings (SSSR count). The zero-order valence-electron chi connectivity index (χ0n) is 11.5. The highest BCUT2D eigenvalue weighted by molar-refractivity contribution is 9.10. The predicted octanol–water partition coefficient (Wildman–Crippen LogP) is 3.91. The van der Waals surface area contributed by atoms with Crippen LogP contribution in [0.5, 0.6) is 11.5 Å². The Morgan fingerprint density at radius 3 is 2.57 bits per heavy atom. The Morgan fingerprint density at radius 2 is 1.90 bits per heavy atom. The fraction of sp³-hybridized carbons (Fsp3) is 0.188. The summed E-state index contributed by atoms with van der Waals surface area (Å²) < 4.78 is 12.1. The maximum Gasteiger partial charge on any atom is 0.335 e. The molecule has 0 aromatic heterocycles. The average molecular weight is 351 g/mol. The second-order valence-electron chi connectivity index (χ2n) is 4.44. The molecule has 0 radical (unpaired) electrons. The van der Waals surface area contributed by atoms with Crippen LogP contribution < -0.4 is 9.47 Å². The fourth-order valence-corrected chi connectivity index (χ4v) is 2.19. The zero-order valence-corrected chi connectivity index (χ0v) is 13.1. The van der Waals surface area contributed by atoms with Crippen molar-refractivity contribution in [1.29, 1.82) is 0 Å². The first-order valence-corrected chi connectivity index (χ1v) is 7.20. The molecule has 0 saturated carbocycles. The predicted molar refractivity (Wildman–Crippen MR) is 83.3 cm³/mol. The van der Waals surface area contributed by atoms with Crippen molar-refractivity contribution in [2.45, 2.75) is 6.92 Å². The van der Waals surface area contributed by atoms with Gasteiger partial charge < -0.3 is 14.6 Å². The van der Waals surface area contributed by atoms with Crippen LogP contribution in [0.15, 0.2) is 46.9 Å². The first-order chi connectivity index (χ1) is 10.1. The van der Waals surface area contributed by atoms with E-state index in [0.717, 1.165) is 15.8 Å². The van der Waals surface area contributed by atoms with Crippen molar-refractivity contribution in [3.8, 4) is 11.5 Å². The molecule has 110 valence electrons. The van der Waals surface area contributed by atoms with Gasteiger partial charge in [-0.15, -0.1) is 0 Å². The summed E-state index contributed by atoms with van der Waals surface area (Å²) in [6.45, 7) is 2.62. The highest BCUT2D eigenvalue weighted by Crippen LogP contribution is 2.20. The second-order valence-corrected chi connectivity index (χ2v) is 5.36. The van der Waals surface area contributed by atoms with Crippen molar-refractivity contribution in [1.82, 2.24) is 0 Å². The SMILES string of the molecule is Cc1cc(C(=O)O)ccc1OCCOc1cccc(Br)c1. The van der Waals surface area contributed by atoms with E-state index in [1.807, 2.05) is 31.2 Å². The minimum atomic E-state index is -0.942. The van der Waals surface area contributed by atoms with E-state index in [1.165, 1.54) is 6.07 Å². The minimum absolute atomic E-state index is 0.255. The normalized spacial score (nSPS) is 10.2. The molecule has 0 heterocycles. The molecule has 21 heavy (non-hydrogen) atoms. The van der Waals surface area contributed by atoms with Gasteiger partial charge in [-0.2, -0.15) is 0 Å². The summed E-state index contributed by atoms with van der Waals surface area (Å²) in [5, 5.41) is 8.90. The maximum absolute atomic E-state index is 10.8. The van der Waals surface area contributed by atoms with Crippen molar-refractivity contribution in [3.63, 3.8) is 0 Å². The van der Waals surface area contributed by atoms with Gasteiger partial charge in [-0.3, -0.25) is 0 Å². The lowest BCUT2D eigenvalue weighted by atomic mass is 10.1. The Labute approximate surface area is 131 Å². The third-order valence-corrected chi connectivity index (χ3v) is 3.32. The molecule has 0 bridgehead atoms. The van der Waals surface area contributed by atoms with Gasteiger partial charge in [0.25, 0.3) is 0 Å². The van der Waals surface area contributed by atoms with E-state index in [9.17, 15) is 4.79 Å². The van der Waals surface area contributed by atoms with Crippen LogP contribution in [0.2, 0.25) is 0 Å². The first kappa shape index (κ1) is 15.4. The molecule has 0 aliphatic heterocycles. The molecule has 1 N–H and O–H groups in total. The number of hydrogen-bond acceptors (Lipinski definition) is 3.